The highest BCUT2D eigenvalue weighted by atomic mass is 32.2. The predicted molar refractivity (Wildman–Crippen MR) is 97.6 cm³/mol. The van der Waals surface area contributed by atoms with Crippen LogP contribution >= 0.6 is 11.8 Å². The van der Waals surface area contributed by atoms with Gasteiger partial charge in [0.15, 0.2) is 0 Å². The summed E-state index contributed by atoms with van der Waals surface area (Å²) in [7, 11) is 0. The second-order valence-corrected chi connectivity index (χ2v) is 6.96. The first-order valence-electron chi connectivity index (χ1n) is 7.82. The first-order valence-corrected chi connectivity index (χ1v) is 8.70. The molecular weight excluding hydrogens is 322 g/mol. The topological polar surface area (TPSA) is 70.2 Å². The number of para-hydroxylation sites is 1. The minimum atomic E-state index is -0.225. The van der Waals surface area contributed by atoms with Gasteiger partial charge in [0.05, 0.1) is 10.9 Å². The molecule has 0 aliphatic carbocycles. The summed E-state index contributed by atoms with van der Waals surface area (Å²) in [5.41, 5.74) is 2.69. The number of carbonyl (C=O) groups is 2. The summed E-state index contributed by atoms with van der Waals surface area (Å²) in [5, 5.41) is 8.47. The summed E-state index contributed by atoms with van der Waals surface area (Å²) >= 11 is 1.57. The molecule has 0 radical (unpaired) electrons. The lowest BCUT2D eigenvalue weighted by Crippen LogP contribution is -2.30. The van der Waals surface area contributed by atoms with E-state index in [0.29, 0.717) is 13.0 Å². The van der Waals surface area contributed by atoms with Gasteiger partial charge in [0, 0.05) is 17.1 Å². The zero-order valence-electron chi connectivity index (χ0n) is 13.3. The molecule has 5 nitrogen and oxygen atoms in total. The van der Waals surface area contributed by atoms with Gasteiger partial charge in [0.1, 0.15) is 0 Å². The van der Waals surface area contributed by atoms with E-state index in [1.807, 2.05) is 55.5 Å². The fraction of sp³-hybridized carbons (Fsp3) is 0.222. The van der Waals surface area contributed by atoms with Crippen LogP contribution in [-0.4, -0.2) is 23.7 Å². The third kappa shape index (κ3) is 4.08. The van der Waals surface area contributed by atoms with E-state index < -0.39 is 0 Å². The van der Waals surface area contributed by atoms with Gasteiger partial charge in [-0.25, -0.2) is 4.79 Å². The number of hydrogen-bond acceptors (Lipinski definition) is 3. The van der Waals surface area contributed by atoms with Crippen LogP contribution in [0.15, 0.2) is 53.4 Å². The molecule has 0 spiro atoms. The van der Waals surface area contributed by atoms with E-state index in [1.165, 1.54) is 0 Å². The molecule has 6 heteroatoms. The molecule has 0 saturated heterocycles. The lowest BCUT2D eigenvalue weighted by Gasteiger charge is -2.21. The highest BCUT2D eigenvalue weighted by Crippen LogP contribution is 2.35. The van der Waals surface area contributed by atoms with Gasteiger partial charge in [-0.3, -0.25) is 4.79 Å². The molecule has 3 rings (SSSR count). The van der Waals surface area contributed by atoms with Gasteiger partial charge in [0.2, 0.25) is 5.91 Å². The number of anilines is 2. The van der Waals surface area contributed by atoms with Crippen molar-refractivity contribution in [2.75, 3.05) is 17.2 Å². The van der Waals surface area contributed by atoms with E-state index in [1.54, 1.807) is 11.8 Å². The molecule has 1 aliphatic heterocycles. The number of amides is 3. The molecule has 3 N–H and O–H groups in total. The van der Waals surface area contributed by atoms with Gasteiger partial charge in [-0.15, -0.1) is 11.8 Å². The molecule has 0 fully saturated rings. The van der Waals surface area contributed by atoms with Crippen LogP contribution in [0.2, 0.25) is 0 Å². The minimum absolute atomic E-state index is 0.0324. The number of hydrogen-bond donors (Lipinski definition) is 3. The molecule has 0 aromatic heterocycles. The fourth-order valence-electron chi connectivity index (χ4n) is 2.43. The minimum Gasteiger partial charge on any atom is -0.338 e. The Morgan fingerprint density at radius 3 is 2.79 bits per heavy atom. The molecule has 2 aromatic carbocycles. The zero-order valence-corrected chi connectivity index (χ0v) is 14.2. The molecule has 1 heterocycles. The van der Waals surface area contributed by atoms with Gasteiger partial charge in [-0.05, 0) is 43.2 Å². The SMILES string of the molecule is CC1Sc2ccc(CCNC(=O)Nc3ccccc3)cc2NC1=O. The maximum absolute atomic E-state index is 11.8. The zero-order chi connectivity index (χ0) is 16.9. The van der Waals surface area contributed by atoms with Gasteiger partial charge < -0.3 is 16.0 Å². The Morgan fingerprint density at radius 2 is 2.00 bits per heavy atom. The summed E-state index contributed by atoms with van der Waals surface area (Å²) in [6.45, 7) is 2.42. The lowest BCUT2D eigenvalue weighted by molar-refractivity contribution is -0.115. The normalized spacial score (nSPS) is 16.0. The maximum Gasteiger partial charge on any atom is 0.319 e. The van der Waals surface area contributed by atoms with E-state index in [4.69, 9.17) is 0 Å². The third-order valence-electron chi connectivity index (χ3n) is 3.71. The molecule has 0 bridgehead atoms. The van der Waals surface area contributed by atoms with Crippen LogP contribution in [0.4, 0.5) is 16.2 Å². The monoisotopic (exact) mass is 341 g/mol. The van der Waals surface area contributed by atoms with Crippen LogP contribution < -0.4 is 16.0 Å². The first kappa shape index (κ1) is 16.4. The van der Waals surface area contributed by atoms with Crippen molar-refractivity contribution in [2.24, 2.45) is 0 Å². The summed E-state index contributed by atoms with van der Waals surface area (Å²) in [6, 6.07) is 15.1. The summed E-state index contributed by atoms with van der Waals surface area (Å²) < 4.78 is 0. The molecule has 3 amide bonds. The Bertz CT molecular complexity index is 749. The summed E-state index contributed by atoms with van der Waals surface area (Å²) in [6.07, 6.45) is 0.700. The quantitative estimate of drug-likeness (QED) is 0.797. The van der Waals surface area contributed by atoms with Crippen molar-refractivity contribution < 1.29 is 9.59 Å². The molecule has 124 valence electrons. The van der Waals surface area contributed by atoms with Gasteiger partial charge in [-0.1, -0.05) is 24.3 Å². The van der Waals surface area contributed by atoms with Crippen molar-refractivity contribution in [2.45, 2.75) is 23.5 Å². The van der Waals surface area contributed by atoms with Crippen molar-refractivity contribution >= 4 is 35.1 Å². The van der Waals surface area contributed by atoms with Gasteiger partial charge >= 0.3 is 6.03 Å². The van der Waals surface area contributed by atoms with E-state index in [9.17, 15) is 9.59 Å². The van der Waals surface area contributed by atoms with E-state index >= 15 is 0 Å². The molecule has 1 unspecified atom stereocenters. The highest BCUT2D eigenvalue weighted by Gasteiger charge is 2.22. The van der Waals surface area contributed by atoms with Crippen molar-refractivity contribution in [1.82, 2.24) is 5.32 Å². The molecule has 1 aliphatic rings. The van der Waals surface area contributed by atoms with E-state index in [0.717, 1.165) is 21.8 Å². The maximum atomic E-state index is 11.8. The molecular formula is C18H19N3O2S. The smallest absolute Gasteiger partial charge is 0.319 e. The number of thioether (sulfide) groups is 1. The average molecular weight is 341 g/mol. The number of nitrogens with one attached hydrogen (secondary N) is 3. The third-order valence-corrected chi connectivity index (χ3v) is 4.88. The van der Waals surface area contributed by atoms with Crippen LogP contribution in [0.1, 0.15) is 12.5 Å². The Balaban J connectivity index is 1.51. The summed E-state index contributed by atoms with van der Waals surface area (Å²) in [5.74, 6) is 0.0324. The Kier molecular flexibility index (Phi) is 5.05. The second-order valence-electron chi connectivity index (χ2n) is 5.58. The van der Waals surface area contributed by atoms with Crippen molar-refractivity contribution in [3.05, 3.63) is 54.1 Å². The van der Waals surface area contributed by atoms with Crippen LogP contribution in [0.25, 0.3) is 0 Å². The largest absolute Gasteiger partial charge is 0.338 e. The Hall–Kier alpha value is -2.47. The number of urea groups is 1. The first-order chi connectivity index (χ1) is 11.6. The van der Waals surface area contributed by atoms with Crippen LogP contribution in [0.3, 0.4) is 0 Å². The molecule has 1 atom stereocenters. The number of carbonyl (C=O) groups excluding carboxylic acids is 2. The van der Waals surface area contributed by atoms with Crippen LogP contribution in [-0.2, 0) is 11.2 Å². The van der Waals surface area contributed by atoms with Gasteiger partial charge in [-0.2, -0.15) is 0 Å². The van der Waals surface area contributed by atoms with E-state index in [2.05, 4.69) is 16.0 Å². The predicted octanol–water partition coefficient (Wildman–Crippen LogP) is 3.48. The molecule has 2 aromatic rings. The second kappa shape index (κ2) is 7.40. The molecule has 0 saturated carbocycles. The number of benzene rings is 2. The van der Waals surface area contributed by atoms with Crippen LogP contribution in [0, 0.1) is 0 Å². The lowest BCUT2D eigenvalue weighted by atomic mass is 10.1. The van der Waals surface area contributed by atoms with Crippen molar-refractivity contribution in [1.29, 1.82) is 0 Å². The highest BCUT2D eigenvalue weighted by molar-refractivity contribution is 8.00. The number of fused-ring (bicyclic) bond motifs is 1. The van der Waals surface area contributed by atoms with Crippen molar-refractivity contribution in [3.63, 3.8) is 0 Å². The van der Waals surface area contributed by atoms with E-state index in [-0.39, 0.29) is 17.2 Å². The number of rotatable bonds is 4. The van der Waals surface area contributed by atoms with Crippen LogP contribution in [0.5, 0.6) is 0 Å². The standard InChI is InChI=1S/C18H19N3O2S/c1-12-17(22)21-15-11-13(7-8-16(15)24-12)9-10-19-18(23)20-14-5-3-2-4-6-14/h2-8,11-12H,9-10H2,1H3,(H,21,22)(H2,19,20,23). The molecule has 24 heavy (non-hydrogen) atoms. The van der Waals surface area contributed by atoms with Gasteiger partial charge in [0.25, 0.3) is 0 Å². The average Bonchev–Trinajstić information content (AvgIpc) is 2.57. The Morgan fingerprint density at radius 1 is 1.21 bits per heavy atom. The van der Waals surface area contributed by atoms with Crippen molar-refractivity contribution in [3.8, 4) is 0 Å². The fourth-order valence-corrected chi connectivity index (χ4v) is 3.36. The Labute approximate surface area is 145 Å². The summed E-state index contributed by atoms with van der Waals surface area (Å²) in [4.78, 5) is 24.7.